The summed E-state index contributed by atoms with van der Waals surface area (Å²) in [4.78, 5) is 11.8. The van der Waals surface area contributed by atoms with Crippen molar-refractivity contribution in [2.75, 3.05) is 26.2 Å². The first-order valence-electron chi connectivity index (χ1n) is 7.34. The molecule has 1 saturated heterocycles. The van der Waals surface area contributed by atoms with Gasteiger partial charge in [0.1, 0.15) is 0 Å². The molecule has 5 heteroatoms. The van der Waals surface area contributed by atoms with Crippen LogP contribution in [0.2, 0.25) is 0 Å². The van der Waals surface area contributed by atoms with Crippen LogP contribution >= 0.6 is 12.4 Å². The van der Waals surface area contributed by atoms with Crippen molar-refractivity contribution in [1.29, 1.82) is 0 Å². The van der Waals surface area contributed by atoms with E-state index >= 15 is 0 Å². The highest BCUT2D eigenvalue weighted by Crippen LogP contribution is 2.28. The number of morpholine rings is 1. The van der Waals surface area contributed by atoms with E-state index < -0.39 is 0 Å². The van der Waals surface area contributed by atoms with Gasteiger partial charge in [0.15, 0.2) is 0 Å². The van der Waals surface area contributed by atoms with Crippen molar-refractivity contribution in [3.8, 4) is 0 Å². The molecule has 2 N–H and O–H groups in total. The normalized spacial score (nSPS) is 31.3. The molecule has 1 aliphatic carbocycles. The summed E-state index contributed by atoms with van der Waals surface area (Å²) in [5, 5.41) is 6.33. The van der Waals surface area contributed by atoms with E-state index in [-0.39, 0.29) is 24.4 Å². The molecule has 19 heavy (non-hydrogen) atoms. The van der Waals surface area contributed by atoms with Gasteiger partial charge in [-0.05, 0) is 18.3 Å². The van der Waals surface area contributed by atoms with Crippen LogP contribution in [0.15, 0.2) is 0 Å². The molecule has 0 bridgehead atoms. The number of halogens is 1. The fraction of sp³-hybridized carbons (Fsp3) is 0.929. The average molecular weight is 291 g/mol. The zero-order valence-electron chi connectivity index (χ0n) is 11.8. The molecule has 0 aromatic rings. The lowest BCUT2D eigenvalue weighted by atomic mass is 9.80. The predicted octanol–water partition coefficient (Wildman–Crippen LogP) is 1.73. The lowest BCUT2D eigenvalue weighted by molar-refractivity contribution is -0.124. The SMILES string of the molecule is CC1CCCCC1CNC(=O)CC1CNCCO1.Cl. The van der Waals surface area contributed by atoms with Gasteiger partial charge in [-0.3, -0.25) is 4.79 Å². The van der Waals surface area contributed by atoms with E-state index in [0.29, 0.717) is 12.3 Å². The van der Waals surface area contributed by atoms with E-state index in [1.165, 1.54) is 25.7 Å². The molecule has 0 spiro atoms. The Morgan fingerprint density at radius 3 is 2.84 bits per heavy atom. The smallest absolute Gasteiger partial charge is 0.222 e. The second kappa shape index (κ2) is 8.77. The minimum atomic E-state index is 0. The summed E-state index contributed by atoms with van der Waals surface area (Å²) >= 11 is 0. The lowest BCUT2D eigenvalue weighted by Crippen LogP contribution is -2.42. The number of amides is 1. The summed E-state index contributed by atoms with van der Waals surface area (Å²) in [6.45, 7) is 5.58. The zero-order chi connectivity index (χ0) is 12.8. The van der Waals surface area contributed by atoms with E-state index in [2.05, 4.69) is 17.6 Å². The third-order valence-electron chi connectivity index (χ3n) is 4.27. The van der Waals surface area contributed by atoms with Gasteiger partial charge in [0.05, 0.1) is 19.1 Å². The maximum atomic E-state index is 11.8. The van der Waals surface area contributed by atoms with Gasteiger partial charge in [0.2, 0.25) is 5.91 Å². The number of hydrogen-bond donors (Lipinski definition) is 2. The average Bonchev–Trinajstić information content (AvgIpc) is 2.39. The highest BCUT2D eigenvalue weighted by atomic mass is 35.5. The van der Waals surface area contributed by atoms with Crippen LogP contribution < -0.4 is 10.6 Å². The van der Waals surface area contributed by atoms with Crippen LogP contribution in [-0.4, -0.2) is 38.3 Å². The van der Waals surface area contributed by atoms with E-state index in [4.69, 9.17) is 4.74 Å². The zero-order valence-corrected chi connectivity index (χ0v) is 12.6. The summed E-state index contributed by atoms with van der Waals surface area (Å²) in [7, 11) is 0. The Morgan fingerprint density at radius 1 is 1.37 bits per heavy atom. The maximum absolute atomic E-state index is 11.8. The monoisotopic (exact) mass is 290 g/mol. The number of ether oxygens (including phenoxy) is 1. The lowest BCUT2D eigenvalue weighted by Gasteiger charge is -2.29. The number of rotatable bonds is 4. The molecule has 112 valence electrons. The van der Waals surface area contributed by atoms with Crippen LogP contribution in [0.25, 0.3) is 0 Å². The third-order valence-corrected chi connectivity index (χ3v) is 4.27. The molecule has 3 unspecified atom stereocenters. The van der Waals surface area contributed by atoms with Gasteiger partial charge in [-0.15, -0.1) is 12.4 Å². The van der Waals surface area contributed by atoms with Crippen molar-refractivity contribution < 1.29 is 9.53 Å². The van der Waals surface area contributed by atoms with Gasteiger partial charge in [-0.1, -0.05) is 26.2 Å². The molecule has 2 aliphatic rings. The fourth-order valence-electron chi connectivity index (χ4n) is 2.97. The summed E-state index contributed by atoms with van der Waals surface area (Å²) in [6.07, 6.45) is 5.81. The maximum Gasteiger partial charge on any atom is 0.222 e. The highest BCUT2D eigenvalue weighted by Gasteiger charge is 2.22. The van der Waals surface area contributed by atoms with Crippen molar-refractivity contribution >= 4 is 18.3 Å². The second-order valence-corrected chi connectivity index (χ2v) is 5.73. The number of hydrogen-bond acceptors (Lipinski definition) is 3. The Balaban J connectivity index is 0.00000180. The number of carbonyl (C=O) groups excluding carboxylic acids is 1. The second-order valence-electron chi connectivity index (χ2n) is 5.73. The van der Waals surface area contributed by atoms with Crippen molar-refractivity contribution in [3.63, 3.8) is 0 Å². The van der Waals surface area contributed by atoms with Crippen molar-refractivity contribution in [2.24, 2.45) is 11.8 Å². The Kier molecular flexibility index (Phi) is 7.73. The Labute approximate surface area is 122 Å². The van der Waals surface area contributed by atoms with Crippen LogP contribution in [0.4, 0.5) is 0 Å². The van der Waals surface area contributed by atoms with Gasteiger partial charge in [-0.25, -0.2) is 0 Å². The van der Waals surface area contributed by atoms with Gasteiger partial charge >= 0.3 is 0 Å². The summed E-state index contributed by atoms with van der Waals surface area (Å²) < 4.78 is 5.54. The standard InChI is InChI=1S/C14H26N2O2.ClH/c1-11-4-2-3-5-12(11)9-16-14(17)8-13-10-15-6-7-18-13;/h11-13,15H,2-10H2,1H3,(H,16,17);1H. The summed E-state index contributed by atoms with van der Waals surface area (Å²) in [5.74, 6) is 1.57. The summed E-state index contributed by atoms with van der Waals surface area (Å²) in [6, 6.07) is 0. The molecule has 4 nitrogen and oxygen atoms in total. The molecular formula is C14H27ClN2O2. The molecular weight excluding hydrogens is 264 g/mol. The Hall–Kier alpha value is -0.320. The molecule has 2 rings (SSSR count). The van der Waals surface area contributed by atoms with Gasteiger partial charge in [-0.2, -0.15) is 0 Å². The van der Waals surface area contributed by atoms with Crippen molar-refractivity contribution in [3.05, 3.63) is 0 Å². The Morgan fingerprint density at radius 2 is 2.16 bits per heavy atom. The minimum Gasteiger partial charge on any atom is -0.375 e. The van der Waals surface area contributed by atoms with Crippen LogP contribution in [-0.2, 0) is 9.53 Å². The topological polar surface area (TPSA) is 50.4 Å². The molecule has 3 atom stereocenters. The molecule has 2 fully saturated rings. The van der Waals surface area contributed by atoms with Gasteiger partial charge in [0.25, 0.3) is 0 Å². The van der Waals surface area contributed by atoms with E-state index in [1.807, 2.05) is 0 Å². The summed E-state index contributed by atoms with van der Waals surface area (Å²) in [5.41, 5.74) is 0. The van der Waals surface area contributed by atoms with Crippen LogP contribution in [0.1, 0.15) is 39.0 Å². The van der Waals surface area contributed by atoms with Crippen LogP contribution in [0, 0.1) is 11.8 Å². The molecule has 0 aromatic carbocycles. The minimum absolute atomic E-state index is 0. The molecule has 1 amide bonds. The molecule has 1 heterocycles. The van der Waals surface area contributed by atoms with Crippen LogP contribution in [0.3, 0.4) is 0 Å². The highest BCUT2D eigenvalue weighted by molar-refractivity contribution is 5.85. The first-order chi connectivity index (χ1) is 8.75. The van der Waals surface area contributed by atoms with E-state index in [1.54, 1.807) is 0 Å². The fourth-order valence-corrected chi connectivity index (χ4v) is 2.97. The quantitative estimate of drug-likeness (QED) is 0.829. The van der Waals surface area contributed by atoms with Crippen molar-refractivity contribution in [1.82, 2.24) is 10.6 Å². The first-order valence-corrected chi connectivity index (χ1v) is 7.34. The first kappa shape index (κ1) is 16.7. The Bertz CT molecular complexity index is 270. The van der Waals surface area contributed by atoms with E-state index in [9.17, 15) is 4.79 Å². The molecule has 1 saturated carbocycles. The van der Waals surface area contributed by atoms with Gasteiger partial charge in [0, 0.05) is 19.6 Å². The van der Waals surface area contributed by atoms with Crippen LogP contribution in [0.5, 0.6) is 0 Å². The largest absolute Gasteiger partial charge is 0.375 e. The number of carbonyl (C=O) groups is 1. The number of nitrogens with one attached hydrogen (secondary N) is 2. The molecule has 0 radical (unpaired) electrons. The predicted molar refractivity (Wildman–Crippen MR) is 78.6 cm³/mol. The molecule has 0 aromatic heterocycles. The third kappa shape index (κ3) is 5.67. The molecule has 1 aliphatic heterocycles. The van der Waals surface area contributed by atoms with E-state index in [0.717, 1.165) is 32.2 Å². The van der Waals surface area contributed by atoms with Crippen molar-refractivity contribution in [2.45, 2.75) is 45.1 Å². The van der Waals surface area contributed by atoms with Gasteiger partial charge < -0.3 is 15.4 Å².